The van der Waals surface area contributed by atoms with E-state index in [1.54, 1.807) is 42.5 Å². The van der Waals surface area contributed by atoms with Gasteiger partial charge in [-0.3, -0.25) is 9.59 Å². The van der Waals surface area contributed by atoms with Crippen molar-refractivity contribution < 1.29 is 19.8 Å². The third-order valence-corrected chi connectivity index (χ3v) is 5.56. The van der Waals surface area contributed by atoms with Gasteiger partial charge in [0.25, 0.3) is 11.8 Å². The highest BCUT2D eigenvalue weighted by molar-refractivity contribution is 9.15. The lowest BCUT2D eigenvalue weighted by molar-refractivity contribution is -0.118. The van der Waals surface area contributed by atoms with Crippen LogP contribution in [0.5, 0.6) is 5.75 Å². The quantitative estimate of drug-likeness (QED) is 0.359. The zero-order valence-corrected chi connectivity index (χ0v) is 18.7. The van der Waals surface area contributed by atoms with Crippen molar-refractivity contribution in [2.45, 2.75) is 12.5 Å². The average molecular weight is 495 g/mol. The van der Waals surface area contributed by atoms with Crippen LogP contribution in [-0.4, -0.2) is 34.7 Å². The molecule has 2 amide bonds. The van der Waals surface area contributed by atoms with Crippen molar-refractivity contribution in [2.75, 3.05) is 6.61 Å². The molecule has 0 aliphatic heterocycles. The van der Waals surface area contributed by atoms with Crippen molar-refractivity contribution in [3.63, 3.8) is 0 Å². The lowest BCUT2D eigenvalue weighted by atomic mass is 10.1. The molecule has 0 unspecified atom stereocenters. The van der Waals surface area contributed by atoms with Gasteiger partial charge in [0.1, 0.15) is 11.4 Å². The van der Waals surface area contributed by atoms with E-state index in [1.165, 1.54) is 12.1 Å². The largest absolute Gasteiger partial charge is 0.508 e. The van der Waals surface area contributed by atoms with E-state index in [4.69, 9.17) is 0 Å². The van der Waals surface area contributed by atoms with Crippen molar-refractivity contribution in [3.05, 3.63) is 107 Å². The number of hydrogen-bond acceptors (Lipinski definition) is 4. The summed E-state index contributed by atoms with van der Waals surface area (Å²) in [4.78, 5) is 25.9. The van der Waals surface area contributed by atoms with Crippen molar-refractivity contribution in [2.24, 2.45) is 0 Å². The van der Waals surface area contributed by atoms with Gasteiger partial charge in [0.2, 0.25) is 0 Å². The van der Waals surface area contributed by atoms with Gasteiger partial charge in [-0.1, -0.05) is 60.7 Å². The van der Waals surface area contributed by atoms with Gasteiger partial charge < -0.3 is 20.8 Å². The first kappa shape index (κ1) is 23.2. The second-order valence-electron chi connectivity index (χ2n) is 7.10. The van der Waals surface area contributed by atoms with E-state index in [-0.39, 0.29) is 18.1 Å². The molecule has 7 heteroatoms. The molecule has 0 aliphatic carbocycles. The summed E-state index contributed by atoms with van der Waals surface area (Å²) in [6.45, 7) is -0.274. The molecule has 0 fully saturated rings. The Hall–Kier alpha value is -3.42. The lowest BCUT2D eigenvalue weighted by Gasteiger charge is -2.19. The smallest absolute Gasteiger partial charge is 0.269 e. The molecule has 3 aromatic carbocycles. The lowest BCUT2D eigenvalue weighted by Crippen LogP contribution is -2.43. The highest BCUT2D eigenvalue weighted by Gasteiger charge is 2.22. The summed E-state index contributed by atoms with van der Waals surface area (Å²) < 4.78 is 0.298. The number of aliphatic hydroxyl groups is 1. The molecule has 4 N–H and O–H groups in total. The maximum Gasteiger partial charge on any atom is 0.269 e. The molecule has 0 aliphatic rings. The standard InChI is InChI=1S/C25H23BrN2O4/c26-22(19-12-7-13-21(30)15-19)23(28-24(31)18-10-5-2-6-11-18)25(32)27-20(16-29)14-17-8-3-1-4-9-17/h1-13,15,20,29-30H,14,16H2,(H,27,32)(H,28,31)/b23-22-/t20-/m0/s1. The number of carbonyl (C=O) groups excluding carboxylic acids is 2. The molecule has 32 heavy (non-hydrogen) atoms. The van der Waals surface area contributed by atoms with E-state index in [0.717, 1.165) is 5.56 Å². The Bertz CT molecular complexity index is 1100. The molecule has 1 atom stereocenters. The van der Waals surface area contributed by atoms with Crippen LogP contribution >= 0.6 is 15.9 Å². The minimum absolute atomic E-state index is 0.0194. The topological polar surface area (TPSA) is 98.7 Å². The number of aromatic hydroxyl groups is 1. The maximum atomic E-state index is 13.2. The van der Waals surface area contributed by atoms with Crippen LogP contribution in [0.1, 0.15) is 21.5 Å². The SMILES string of the molecule is O=C(N[C@H](CO)Cc1ccccc1)/C(NC(=O)c1ccccc1)=C(/Br)c1cccc(O)c1. The molecular formula is C25H23BrN2O4. The van der Waals surface area contributed by atoms with Crippen LogP contribution in [-0.2, 0) is 11.2 Å². The van der Waals surface area contributed by atoms with Crippen LogP contribution in [0.2, 0.25) is 0 Å². The average Bonchev–Trinajstić information content (AvgIpc) is 2.82. The number of amides is 2. The first-order valence-electron chi connectivity index (χ1n) is 9.99. The van der Waals surface area contributed by atoms with E-state index in [0.29, 0.717) is 22.0 Å². The summed E-state index contributed by atoms with van der Waals surface area (Å²) in [5.41, 5.74) is 1.82. The van der Waals surface area contributed by atoms with Gasteiger partial charge in [-0.2, -0.15) is 0 Å². The van der Waals surface area contributed by atoms with Gasteiger partial charge in [0.15, 0.2) is 0 Å². The predicted octanol–water partition coefficient (Wildman–Crippen LogP) is 3.61. The van der Waals surface area contributed by atoms with E-state index >= 15 is 0 Å². The van der Waals surface area contributed by atoms with Gasteiger partial charge in [-0.25, -0.2) is 0 Å². The van der Waals surface area contributed by atoms with E-state index < -0.39 is 17.9 Å². The predicted molar refractivity (Wildman–Crippen MR) is 127 cm³/mol. The molecule has 6 nitrogen and oxygen atoms in total. The van der Waals surface area contributed by atoms with Gasteiger partial charge in [-0.15, -0.1) is 0 Å². The molecular weight excluding hydrogens is 472 g/mol. The first-order valence-corrected chi connectivity index (χ1v) is 10.8. The van der Waals surface area contributed by atoms with Crippen molar-refractivity contribution in [1.29, 1.82) is 0 Å². The van der Waals surface area contributed by atoms with Crippen molar-refractivity contribution >= 4 is 32.2 Å². The Morgan fingerprint density at radius 3 is 2.12 bits per heavy atom. The van der Waals surface area contributed by atoms with Crippen LogP contribution in [0.3, 0.4) is 0 Å². The molecule has 3 rings (SSSR count). The highest BCUT2D eigenvalue weighted by atomic mass is 79.9. The summed E-state index contributed by atoms with van der Waals surface area (Å²) in [5, 5.41) is 25.1. The summed E-state index contributed by atoms with van der Waals surface area (Å²) in [5.74, 6) is -1.01. The minimum atomic E-state index is -0.570. The number of rotatable bonds is 8. The Labute approximate surface area is 194 Å². The van der Waals surface area contributed by atoms with Gasteiger partial charge in [-0.05, 0) is 57.7 Å². The number of benzene rings is 3. The van der Waals surface area contributed by atoms with Crippen LogP contribution in [0.4, 0.5) is 0 Å². The highest BCUT2D eigenvalue weighted by Crippen LogP contribution is 2.27. The summed E-state index contributed by atoms with van der Waals surface area (Å²) >= 11 is 3.40. The number of phenols is 1. The fraction of sp³-hybridized carbons (Fsp3) is 0.120. The third-order valence-electron chi connectivity index (χ3n) is 4.70. The Kier molecular flexibility index (Phi) is 8.19. The van der Waals surface area contributed by atoms with Crippen molar-refractivity contribution in [1.82, 2.24) is 10.6 Å². The van der Waals surface area contributed by atoms with Crippen LogP contribution < -0.4 is 10.6 Å². The molecule has 0 aromatic heterocycles. The number of nitrogens with one attached hydrogen (secondary N) is 2. The zero-order valence-electron chi connectivity index (χ0n) is 17.2. The first-order chi connectivity index (χ1) is 15.5. The number of halogens is 1. The van der Waals surface area contributed by atoms with Gasteiger partial charge in [0, 0.05) is 5.56 Å². The number of phenolic OH excluding ortho intramolecular Hbond substituents is 1. The fourth-order valence-corrected chi connectivity index (χ4v) is 3.62. The summed E-state index contributed by atoms with van der Waals surface area (Å²) in [6, 6.07) is 23.7. The Morgan fingerprint density at radius 2 is 1.50 bits per heavy atom. The second-order valence-corrected chi connectivity index (χ2v) is 7.90. The molecule has 164 valence electrons. The molecule has 0 bridgehead atoms. The maximum absolute atomic E-state index is 13.2. The minimum Gasteiger partial charge on any atom is -0.508 e. The normalized spacial score (nSPS) is 12.4. The van der Waals surface area contributed by atoms with E-state index in [9.17, 15) is 19.8 Å². The molecule has 0 heterocycles. The van der Waals surface area contributed by atoms with E-state index in [2.05, 4.69) is 26.6 Å². The fourth-order valence-electron chi connectivity index (χ4n) is 3.09. The van der Waals surface area contributed by atoms with E-state index in [1.807, 2.05) is 30.3 Å². The number of carbonyl (C=O) groups is 2. The number of hydrogen-bond donors (Lipinski definition) is 4. The van der Waals surface area contributed by atoms with Crippen LogP contribution in [0, 0.1) is 0 Å². The van der Waals surface area contributed by atoms with Gasteiger partial charge in [0.05, 0.1) is 17.1 Å². The zero-order chi connectivity index (χ0) is 22.9. The Morgan fingerprint density at radius 1 is 0.875 bits per heavy atom. The third kappa shape index (κ3) is 6.29. The Balaban J connectivity index is 1.89. The van der Waals surface area contributed by atoms with Crippen LogP contribution in [0.15, 0.2) is 90.6 Å². The number of aliphatic hydroxyl groups excluding tert-OH is 1. The molecule has 0 spiro atoms. The molecule has 3 aromatic rings. The molecule has 0 saturated heterocycles. The monoisotopic (exact) mass is 494 g/mol. The second kappa shape index (κ2) is 11.3. The molecule has 0 radical (unpaired) electrons. The van der Waals surface area contributed by atoms with Gasteiger partial charge >= 0.3 is 0 Å². The molecule has 0 saturated carbocycles. The summed E-state index contributed by atoms with van der Waals surface area (Å²) in [6.07, 6.45) is 0.423. The summed E-state index contributed by atoms with van der Waals surface area (Å²) in [7, 11) is 0. The van der Waals surface area contributed by atoms with Crippen molar-refractivity contribution in [3.8, 4) is 5.75 Å². The van der Waals surface area contributed by atoms with Crippen LogP contribution in [0.25, 0.3) is 4.48 Å².